The number of benzene rings is 2. The van der Waals surface area contributed by atoms with Crippen molar-refractivity contribution in [3.63, 3.8) is 0 Å². The highest BCUT2D eigenvalue weighted by Gasteiger charge is 2.09. The Morgan fingerprint density at radius 1 is 0.958 bits per heavy atom. The molecule has 0 radical (unpaired) electrons. The molecule has 4 heteroatoms. The van der Waals surface area contributed by atoms with Gasteiger partial charge in [0.1, 0.15) is 12.4 Å². The minimum atomic E-state index is 0.546. The Hall–Kier alpha value is -2.43. The van der Waals surface area contributed by atoms with Crippen LogP contribution in [0.3, 0.4) is 0 Å². The number of nitrogens with zero attached hydrogens (tertiary/aromatic N) is 1. The monoisotopic (exact) mass is 322 g/mol. The first kappa shape index (κ1) is 16.4. The summed E-state index contributed by atoms with van der Waals surface area (Å²) in [6, 6.07) is 16.5. The van der Waals surface area contributed by atoms with E-state index in [2.05, 4.69) is 46.7 Å². The highest BCUT2D eigenvalue weighted by molar-refractivity contribution is 5.87. The van der Waals surface area contributed by atoms with E-state index in [0.717, 1.165) is 18.8 Å². The Morgan fingerprint density at radius 3 is 2.71 bits per heavy atom. The second-order valence-corrected chi connectivity index (χ2v) is 5.57. The number of aromatic nitrogens is 1. The molecule has 2 aromatic carbocycles. The van der Waals surface area contributed by atoms with Crippen LogP contribution in [0, 0.1) is 0 Å². The van der Waals surface area contributed by atoms with E-state index in [0.29, 0.717) is 13.2 Å². The third kappa shape index (κ3) is 4.10. The average Bonchev–Trinajstić information content (AvgIpc) is 2.64. The van der Waals surface area contributed by atoms with Crippen LogP contribution in [0.4, 0.5) is 0 Å². The Morgan fingerprint density at radius 2 is 1.88 bits per heavy atom. The van der Waals surface area contributed by atoms with Crippen LogP contribution in [0.15, 0.2) is 60.9 Å². The first-order valence-corrected chi connectivity index (χ1v) is 8.10. The molecule has 1 aromatic heterocycles. The predicted molar refractivity (Wildman–Crippen MR) is 96.1 cm³/mol. The highest BCUT2D eigenvalue weighted by Crippen LogP contribution is 2.28. The first-order valence-electron chi connectivity index (χ1n) is 8.10. The van der Waals surface area contributed by atoms with Crippen LogP contribution in [-0.4, -0.2) is 25.3 Å². The molecule has 0 aliphatic heterocycles. The van der Waals surface area contributed by atoms with Gasteiger partial charge < -0.3 is 14.8 Å². The van der Waals surface area contributed by atoms with E-state index in [-0.39, 0.29) is 0 Å². The number of fused-ring (bicyclic) bond motifs is 1. The van der Waals surface area contributed by atoms with Gasteiger partial charge in [-0.1, -0.05) is 36.4 Å². The lowest BCUT2D eigenvalue weighted by Crippen LogP contribution is -2.15. The van der Waals surface area contributed by atoms with Gasteiger partial charge in [0, 0.05) is 38.2 Å². The minimum Gasteiger partial charge on any atom is -0.491 e. The minimum absolute atomic E-state index is 0.546. The number of hydrogen-bond donors (Lipinski definition) is 1. The van der Waals surface area contributed by atoms with Gasteiger partial charge in [0.05, 0.1) is 6.61 Å². The van der Waals surface area contributed by atoms with Gasteiger partial charge in [-0.15, -0.1) is 0 Å². The molecular formula is C20H22N2O2. The van der Waals surface area contributed by atoms with Gasteiger partial charge in [-0.2, -0.15) is 0 Å². The van der Waals surface area contributed by atoms with Crippen molar-refractivity contribution in [1.29, 1.82) is 0 Å². The molecule has 0 saturated carbocycles. The largest absolute Gasteiger partial charge is 0.491 e. The maximum Gasteiger partial charge on any atom is 0.124 e. The van der Waals surface area contributed by atoms with Gasteiger partial charge >= 0.3 is 0 Å². The molecule has 3 rings (SSSR count). The summed E-state index contributed by atoms with van der Waals surface area (Å²) >= 11 is 0. The Bertz CT molecular complexity index is 775. The van der Waals surface area contributed by atoms with E-state index in [1.54, 1.807) is 13.3 Å². The van der Waals surface area contributed by atoms with Gasteiger partial charge in [0.25, 0.3) is 0 Å². The summed E-state index contributed by atoms with van der Waals surface area (Å²) in [6.45, 7) is 2.63. The zero-order valence-electron chi connectivity index (χ0n) is 13.9. The van der Waals surface area contributed by atoms with E-state index in [1.165, 1.54) is 21.9 Å². The van der Waals surface area contributed by atoms with Crippen LogP contribution in [-0.2, 0) is 17.8 Å². The lowest BCUT2D eigenvalue weighted by molar-refractivity contribution is 0.146. The summed E-state index contributed by atoms with van der Waals surface area (Å²) in [5.74, 6) is 0.907. The summed E-state index contributed by atoms with van der Waals surface area (Å²) in [5.41, 5.74) is 2.34. The molecule has 124 valence electrons. The average molecular weight is 322 g/mol. The van der Waals surface area contributed by atoms with Crippen molar-refractivity contribution in [1.82, 2.24) is 10.3 Å². The smallest absolute Gasteiger partial charge is 0.124 e. The van der Waals surface area contributed by atoms with Gasteiger partial charge in [-0.05, 0) is 28.5 Å². The third-order valence-electron chi connectivity index (χ3n) is 3.90. The number of ether oxygens (including phenoxy) is 2. The van der Waals surface area contributed by atoms with Gasteiger partial charge in [-0.25, -0.2) is 0 Å². The zero-order valence-corrected chi connectivity index (χ0v) is 13.9. The molecular weight excluding hydrogens is 300 g/mol. The van der Waals surface area contributed by atoms with Crippen LogP contribution in [0.5, 0.6) is 5.75 Å². The summed E-state index contributed by atoms with van der Waals surface area (Å²) in [5, 5.41) is 5.92. The molecule has 0 fully saturated rings. The molecule has 4 nitrogen and oxygen atoms in total. The lowest BCUT2D eigenvalue weighted by atomic mass is 10.0. The van der Waals surface area contributed by atoms with Crippen molar-refractivity contribution in [3.8, 4) is 5.75 Å². The molecule has 0 aliphatic carbocycles. The van der Waals surface area contributed by atoms with Crippen LogP contribution < -0.4 is 10.1 Å². The molecule has 0 aliphatic rings. The lowest BCUT2D eigenvalue weighted by Gasteiger charge is -2.15. The maximum atomic E-state index is 5.91. The van der Waals surface area contributed by atoms with Gasteiger partial charge in [-0.3, -0.25) is 4.98 Å². The molecule has 0 saturated heterocycles. The third-order valence-corrected chi connectivity index (χ3v) is 3.90. The molecule has 24 heavy (non-hydrogen) atoms. The van der Waals surface area contributed by atoms with Crippen LogP contribution in [0.2, 0.25) is 0 Å². The maximum absolute atomic E-state index is 5.91. The SMILES string of the molecule is COCCOc1ccc2ccccc2c1CNCc1cccnc1. The predicted octanol–water partition coefficient (Wildman–Crippen LogP) is 3.55. The first-order chi connectivity index (χ1) is 11.9. The number of nitrogens with one attached hydrogen (secondary N) is 1. The summed E-state index contributed by atoms with van der Waals surface area (Å²) in [4.78, 5) is 4.15. The van der Waals surface area contributed by atoms with E-state index < -0.39 is 0 Å². The van der Waals surface area contributed by atoms with E-state index >= 15 is 0 Å². The number of methoxy groups -OCH3 is 1. The number of pyridine rings is 1. The molecule has 3 aromatic rings. The Kier molecular flexibility index (Phi) is 5.77. The molecule has 0 atom stereocenters. The second kappa shape index (κ2) is 8.43. The molecule has 0 amide bonds. The zero-order chi connectivity index (χ0) is 16.6. The van der Waals surface area contributed by atoms with Crippen molar-refractivity contribution in [2.45, 2.75) is 13.1 Å². The molecule has 0 spiro atoms. The Balaban J connectivity index is 1.78. The quantitative estimate of drug-likeness (QED) is 0.644. The fraction of sp³-hybridized carbons (Fsp3) is 0.250. The normalized spacial score (nSPS) is 10.9. The summed E-state index contributed by atoms with van der Waals surface area (Å²) in [7, 11) is 1.68. The number of rotatable bonds is 8. The Labute approximate surface area is 142 Å². The van der Waals surface area contributed by atoms with E-state index in [1.807, 2.05) is 18.3 Å². The van der Waals surface area contributed by atoms with Crippen molar-refractivity contribution in [2.75, 3.05) is 20.3 Å². The number of hydrogen-bond acceptors (Lipinski definition) is 4. The topological polar surface area (TPSA) is 43.4 Å². The van der Waals surface area contributed by atoms with Crippen molar-refractivity contribution in [2.24, 2.45) is 0 Å². The van der Waals surface area contributed by atoms with Crippen LogP contribution in [0.25, 0.3) is 10.8 Å². The highest BCUT2D eigenvalue weighted by atomic mass is 16.5. The van der Waals surface area contributed by atoms with E-state index in [4.69, 9.17) is 9.47 Å². The van der Waals surface area contributed by atoms with Crippen molar-refractivity contribution in [3.05, 3.63) is 72.1 Å². The van der Waals surface area contributed by atoms with E-state index in [9.17, 15) is 0 Å². The molecule has 0 unspecified atom stereocenters. The van der Waals surface area contributed by atoms with Gasteiger partial charge in [0.2, 0.25) is 0 Å². The van der Waals surface area contributed by atoms with Crippen molar-refractivity contribution < 1.29 is 9.47 Å². The second-order valence-electron chi connectivity index (χ2n) is 5.57. The van der Waals surface area contributed by atoms with Crippen LogP contribution in [0.1, 0.15) is 11.1 Å². The standard InChI is InChI=1S/C20H22N2O2/c1-23-11-12-24-20-9-8-17-6-2-3-7-18(17)19(20)15-22-14-16-5-4-10-21-13-16/h2-10,13,22H,11-12,14-15H2,1H3. The molecule has 1 N–H and O–H groups in total. The fourth-order valence-electron chi connectivity index (χ4n) is 2.70. The summed E-state index contributed by atoms with van der Waals surface area (Å²) in [6.07, 6.45) is 3.67. The van der Waals surface area contributed by atoms with Crippen molar-refractivity contribution >= 4 is 10.8 Å². The summed E-state index contributed by atoms with van der Waals surface area (Å²) < 4.78 is 11.0. The van der Waals surface area contributed by atoms with Crippen LogP contribution >= 0.6 is 0 Å². The molecule has 1 heterocycles. The fourth-order valence-corrected chi connectivity index (χ4v) is 2.70. The molecule has 0 bridgehead atoms. The van der Waals surface area contributed by atoms with Gasteiger partial charge in [0.15, 0.2) is 0 Å².